The molecule has 8 heteroatoms. The van der Waals surface area contributed by atoms with Crippen molar-refractivity contribution in [2.45, 2.75) is 25.2 Å². The highest BCUT2D eigenvalue weighted by molar-refractivity contribution is 7.88. The van der Waals surface area contributed by atoms with Gasteiger partial charge in [0.25, 0.3) is 0 Å². The first-order chi connectivity index (χ1) is 12.2. The molecule has 1 aromatic carbocycles. The number of hydrogen-bond acceptors (Lipinski definition) is 4. The summed E-state index contributed by atoms with van der Waals surface area (Å²) >= 11 is 0. The molecule has 7 nitrogen and oxygen atoms in total. The highest BCUT2D eigenvalue weighted by atomic mass is 32.2. The van der Waals surface area contributed by atoms with Gasteiger partial charge in [-0.2, -0.15) is 0 Å². The highest BCUT2D eigenvalue weighted by Gasteiger charge is 2.55. The van der Waals surface area contributed by atoms with Gasteiger partial charge >= 0.3 is 5.97 Å². The quantitative estimate of drug-likeness (QED) is 0.794. The van der Waals surface area contributed by atoms with Crippen molar-refractivity contribution in [2.75, 3.05) is 25.9 Å². The number of nitrogens with zero attached hydrogens (tertiary/aromatic N) is 1. The molecule has 1 saturated carbocycles. The fourth-order valence-corrected chi connectivity index (χ4v) is 4.71. The van der Waals surface area contributed by atoms with Gasteiger partial charge in [0.15, 0.2) is 0 Å². The van der Waals surface area contributed by atoms with E-state index in [9.17, 15) is 23.1 Å². The van der Waals surface area contributed by atoms with Gasteiger partial charge in [-0.1, -0.05) is 30.3 Å². The van der Waals surface area contributed by atoms with Crippen molar-refractivity contribution in [3.8, 4) is 0 Å². The molecule has 0 radical (unpaired) electrons. The average Bonchev–Trinajstić information content (AvgIpc) is 3.00. The molecule has 142 valence electrons. The van der Waals surface area contributed by atoms with Crippen LogP contribution in [-0.4, -0.2) is 56.2 Å². The highest BCUT2D eigenvalue weighted by Crippen LogP contribution is 2.51. The molecule has 0 unspecified atom stereocenters. The maximum Gasteiger partial charge on any atom is 0.311 e. The van der Waals surface area contributed by atoms with Gasteiger partial charge in [-0.05, 0) is 36.7 Å². The second-order valence-corrected chi connectivity index (χ2v) is 9.24. The lowest BCUT2D eigenvalue weighted by atomic mass is 9.64. The molecule has 3 atom stereocenters. The van der Waals surface area contributed by atoms with Crippen molar-refractivity contribution in [3.05, 3.63) is 35.9 Å². The SMILES string of the molecule is CS(=O)(=O)NCC(=O)N1C[C@@H]2C[C@@H](c3ccccc3)CC[C@]2(C(=O)O)C1. The van der Waals surface area contributed by atoms with Crippen molar-refractivity contribution in [1.29, 1.82) is 0 Å². The minimum Gasteiger partial charge on any atom is -0.481 e. The summed E-state index contributed by atoms with van der Waals surface area (Å²) in [5.41, 5.74) is 0.279. The van der Waals surface area contributed by atoms with Crippen LogP contribution < -0.4 is 4.72 Å². The van der Waals surface area contributed by atoms with Crippen molar-refractivity contribution in [2.24, 2.45) is 11.3 Å². The Morgan fingerprint density at radius 1 is 1.31 bits per heavy atom. The lowest BCUT2D eigenvalue weighted by molar-refractivity contribution is -0.152. The fourth-order valence-electron chi connectivity index (χ4n) is 4.32. The number of carbonyl (C=O) groups is 2. The Morgan fingerprint density at radius 2 is 2.00 bits per heavy atom. The molecule has 0 bridgehead atoms. The van der Waals surface area contributed by atoms with E-state index in [4.69, 9.17) is 0 Å². The van der Waals surface area contributed by atoms with Crippen LogP contribution in [0.5, 0.6) is 0 Å². The minimum atomic E-state index is -3.46. The molecule has 1 heterocycles. The van der Waals surface area contributed by atoms with Gasteiger partial charge in [0.2, 0.25) is 15.9 Å². The van der Waals surface area contributed by atoms with Crippen LogP contribution >= 0.6 is 0 Å². The molecule has 2 N–H and O–H groups in total. The van der Waals surface area contributed by atoms with Crippen LogP contribution in [0.2, 0.25) is 0 Å². The van der Waals surface area contributed by atoms with E-state index in [0.29, 0.717) is 13.0 Å². The Bertz CT molecular complexity index is 795. The van der Waals surface area contributed by atoms with Crippen LogP contribution in [0.4, 0.5) is 0 Å². The Balaban J connectivity index is 1.74. The predicted molar refractivity (Wildman–Crippen MR) is 96.0 cm³/mol. The molecule has 1 aromatic rings. The second kappa shape index (κ2) is 7.00. The van der Waals surface area contributed by atoms with Crippen LogP contribution in [0.25, 0.3) is 0 Å². The number of carboxylic acids is 1. The smallest absolute Gasteiger partial charge is 0.311 e. The van der Waals surface area contributed by atoms with Gasteiger partial charge < -0.3 is 10.0 Å². The van der Waals surface area contributed by atoms with Gasteiger partial charge in [0.1, 0.15) is 0 Å². The summed E-state index contributed by atoms with van der Waals surface area (Å²) in [4.78, 5) is 25.9. The lowest BCUT2D eigenvalue weighted by Gasteiger charge is -2.38. The number of amides is 1. The number of likely N-dealkylation sites (tertiary alicyclic amines) is 1. The van der Waals surface area contributed by atoms with Crippen molar-refractivity contribution in [1.82, 2.24) is 9.62 Å². The fraction of sp³-hybridized carbons (Fsp3) is 0.556. The normalized spacial score (nSPS) is 28.6. The zero-order valence-electron chi connectivity index (χ0n) is 14.7. The molecule has 1 aliphatic carbocycles. The number of nitrogens with one attached hydrogen (secondary N) is 1. The van der Waals surface area contributed by atoms with Gasteiger partial charge in [0.05, 0.1) is 18.2 Å². The van der Waals surface area contributed by atoms with Crippen LogP contribution in [0.1, 0.15) is 30.7 Å². The van der Waals surface area contributed by atoms with Gasteiger partial charge in [-0.15, -0.1) is 0 Å². The number of hydrogen-bond donors (Lipinski definition) is 2. The van der Waals surface area contributed by atoms with Crippen LogP contribution in [0, 0.1) is 11.3 Å². The third-order valence-corrected chi connectivity index (χ3v) is 6.41. The van der Waals surface area contributed by atoms with Gasteiger partial charge in [-0.3, -0.25) is 9.59 Å². The van der Waals surface area contributed by atoms with Gasteiger partial charge in [-0.25, -0.2) is 13.1 Å². The number of rotatable bonds is 5. The Morgan fingerprint density at radius 3 is 2.62 bits per heavy atom. The van der Waals surface area contributed by atoms with Crippen LogP contribution in [0.3, 0.4) is 0 Å². The largest absolute Gasteiger partial charge is 0.481 e. The summed E-state index contributed by atoms with van der Waals surface area (Å²) in [6.45, 7) is 0.183. The molecule has 0 aromatic heterocycles. The minimum absolute atomic E-state index is 0.124. The summed E-state index contributed by atoms with van der Waals surface area (Å²) in [6.07, 6.45) is 3.01. The average molecular weight is 380 g/mol. The van der Waals surface area contributed by atoms with Crippen molar-refractivity contribution in [3.63, 3.8) is 0 Å². The van der Waals surface area contributed by atoms with Gasteiger partial charge in [0, 0.05) is 13.1 Å². The zero-order valence-corrected chi connectivity index (χ0v) is 15.5. The number of carboxylic acid groups (broad SMARTS) is 1. The van der Waals surface area contributed by atoms with Crippen LogP contribution in [0.15, 0.2) is 30.3 Å². The second-order valence-electron chi connectivity index (χ2n) is 7.41. The number of fused-ring (bicyclic) bond motifs is 1. The third kappa shape index (κ3) is 3.76. The molecular weight excluding hydrogens is 356 g/mol. The van der Waals surface area contributed by atoms with E-state index in [-0.39, 0.29) is 30.8 Å². The third-order valence-electron chi connectivity index (χ3n) is 5.74. The van der Waals surface area contributed by atoms with Crippen molar-refractivity contribution >= 4 is 21.9 Å². The first kappa shape index (κ1) is 18.8. The molecule has 1 amide bonds. The summed E-state index contributed by atoms with van der Waals surface area (Å²) in [6, 6.07) is 10.0. The molecule has 2 aliphatic rings. The Kier molecular flexibility index (Phi) is 5.07. The van der Waals surface area contributed by atoms with E-state index in [1.807, 2.05) is 18.2 Å². The van der Waals surface area contributed by atoms with Crippen molar-refractivity contribution < 1.29 is 23.1 Å². The van der Waals surface area contributed by atoms with E-state index in [1.54, 1.807) is 0 Å². The maximum atomic E-state index is 12.4. The lowest BCUT2D eigenvalue weighted by Crippen LogP contribution is -2.43. The number of aliphatic carboxylic acids is 1. The summed E-state index contributed by atoms with van der Waals surface area (Å²) in [5, 5.41) is 9.87. The molecule has 2 fully saturated rings. The molecular formula is C18H24N2O5S. The Hall–Kier alpha value is -1.93. The molecule has 0 spiro atoms. The predicted octanol–water partition coefficient (Wildman–Crippen LogP) is 1.03. The van der Waals surface area contributed by atoms with E-state index >= 15 is 0 Å². The van der Waals surface area contributed by atoms with E-state index in [2.05, 4.69) is 16.9 Å². The molecule has 26 heavy (non-hydrogen) atoms. The summed E-state index contributed by atoms with van der Waals surface area (Å²) in [5.74, 6) is -1.07. The standard InChI is InChI=1S/C18H24N2O5S/c1-26(24,25)19-10-16(21)20-11-15-9-14(13-5-3-2-4-6-13)7-8-18(15,12-20)17(22)23/h2-6,14-15,19H,7-12H2,1H3,(H,22,23)/t14-,15-,18-/m0/s1. The first-order valence-electron chi connectivity index (χ1n) is 8.72. The first-order valence-corrected chi connectivity index (χ1v) is 10.6. The number of sulfonamides is 1. The van der Waals surface area contributed by atoms with E-state index in [1.165, 1.54) is 10.5 Å². The maximum absolute atomic E-state index is 12.4. The van der Waals surface area contributed by atoms with Crippen LogP contribution in [-0.2, 0) is 19.6 Å². The number of benzene rings is 1. The number of carbonyl (C=O) groups excluding carboxylic acids is 1. The summed E-state index contributed by atoms with van der Waals surface area (Å²) < 4.78 is 24.6. The molecule has 1 saturated heterocycles. The zero-order chi connectivity index (χ0) is 18.9. The van der Waals surface area contributed by atoms with E-state index in [0.717, 1.165) is 19.1 Å². The molecule has 1 aliphatic heterocycles. The summed E-state index contributed by atoms with van der Waals surface area (Å²) in [7, 11) is -3.46. The Labute approximate surface area is 153 Å². The van der Waals surface area contributed by atoms with E-state index < -0.39 is 21.4 Å². The monoisotopic (exact) mass is 380 g/mol. The topological polar surface area (TPSA) is 104 Å². The molecule has 3 rings (SSSR count).